The molecule has 2 N–H and O–H groups in total. The highest BCUT2D eigenvalue weighted by atomic mass is 32.2. The van der Waals surface area contributed by atoms with Crippen molar-refractivity contribution in [1.29, 1.82) is 0 Å². The van der Waals surface area contributed by atoms with E-state index in [1.807, 2.05) is 18.4 Å². The molecule has 0 saturated heterocycles. The average molecular weight is 345 g/mol. The SMILES string of the molecule is COc1ccc(CCCNCC(=O)c2ccc(O)c(SC)c2)cc1. The quantitative estimate of drug-likeness (QED) is 0.414. The molecule has 4 nitrogen and oxygen atoms in total. The average Bonchev–Trinajstić information content (AvgIpc) is 2.62. The van der Waals surface area contributed by atoms with Gasteiger partial charge in [0.1, 0.15) is 11.5 Å². The second-order valence-corrected chi connectivity index (χ2v) is 6.29. The lowest BCUT2D eigenvalue weighted by Gasteiger charge is -2.07. The smallest absolute Gasteiger partial charge is 0.176 e. The number of nitrogens with one attached hydrogen (secondary N) is 1. The number of ether oxygens (including phenoxy) is 1. The van der Waals surface area contributed by atoms with Crippen molar-refractivity contribution in [1.82, 2.24) is 5.32 Å². The Kier molecular flexibility index (Phi) is 7.15. The summed E-state index contributed by atoms with van der Waals surface area (Å²) in [5, 5.41) is 12.8. The van der Waals surface area contributed by atoms with Crippen LogP contribution in [-0.4, -0.2) is 37.3 Å². The summed E-state index contributed by atoms with van der Waals surface area (Å²) in [6, 6.07) is 13.0. The maximum Gasteiger partial charge on any atom is 0.176 e. The van der Waals surface area contributed by atoms with Crippen LogP contribution in [0.4, 0.5) is 0 Å². The van der Waals surface area contributed by atoms with Gasteiger partial charge in [0, 0.05) is 10.5 Å². The van der Waals surface area contributed by atoms with E-state index in [9.17, 15) is 9.90 Å². The Morgan fingerprint density at radius 2 is 1.96 bits per heavy atom. The number of carbonyl (C=O) groups excluding carboxylic acids is 1. The number of carbonyl (C=O) groups is 1. The lowest BCUT2D eigenvalue weighted by atomic mass is 10.1. The normalized spacial score (nSPS) is 10.6. The van der Waals surface area contributed by atoms with Gasteiger partial charge in [0.25, 0.3) is 0 Å². The molecule has 0 aliphatic heterocycles. The van der Waals surface area contributed by atoms with Crippen molar-refractivity contribution in [2.24, 2.45) is 0 Å². The summed E-state index contributed by atoms with van der Waals surface area (Å²) in [7, 11) is 1.66. The zero-order chi connectivity index (χ0) is 17.4. The van der Waals surface area contributed by atoms with E-state index in [4.69, 9.17) is 4.74 Å². The number of Topliss-reactive ketones (excluding diaryl/α,β-unsaturated/α-hetero) is 1. The van der Waals surface area contributed by atoms with Crippen LogP contribution in [0.5, 0.6) is 11.5 Å². The van der Waals surface area contributed by atoms with Crippen LogP contribution in [0.1, 0.15) is 22.3 Å². The minimum absolute atomic E-state index is 0.0368. The molecule has 0 heterocycles. The van der Waals surface area contributed by atoms with Crippen LogP contribution in [0.25, 0.3) is 0 Å². The predicted octanol–water partition coefficient (Wildman–Crippen LogP) is 3.53. The van der Waals surface area contributed by atoms with Crippen LogP contribution < -0.4 is 10.1 Å². The summed E-state index contributed by atoms with van der Waals surface area (Å²) in [6.45, 7) is 1.09. The van der Waals surface area contributed by atoms with Gasteiger partial charge in [0.15, 0.2) is 5.78 Å². The Morgan fingerprint density at radius 3 is 2.62 bits per heavy atom. The predicted molar refractivity (Wildman–Crippen MR) is 98.4 cm³/mol. The molecule has 0 fully saturated rings. The number of aryl methyl sites for hydroxylation is 1. The first-order valence-corrected chi connectivity index (χ1v) is 9.10. The zero-order valence-corrected chi connectivity index (χ0v) is 14.9. The summed E-state index contributed by atoms with van der Waals surface area (Å²) < 4.78 is 5.14. The van der Waals surface area contributed by atoms with E-state index in [0.717, 1.165) is 30.0 Å². The Balaban J connectivity index is 1.72. The molecule has 128 valence electrons. The molecule has 0 spiro atoms. The van der Waals surface area contributed by atoms with Gasteiger partial charge in [-0.25, -0.2) is 0 Å². The fourth-order valence-electron chi connectivity index (χ4n) is 2.36. The molecular formula is C19H23NO3S. The van der Waals surface area contributed by atoms with Gasteiger partial charge in [0.05, 0.1) is 13.7 Å². The molecule has 0 saturated carbocycles. The summed E-state index contributed by atoms with van der Waals surface area (Å²) in [5.41, 5.74) is 1.88. The van der Waals surface area contributed by atoms with Crippen molar-refractivity contribution in [2.75, 3.05) is 26.5 Å². The van der Waals surface area contributed by atoms with E-state index >= 15 is 0 Å². The number of ketones is 1. The van der Waals surface area contributed by atoms with Crippen LogP contribution in [0.3, 0.4) is 0 Å². The first-order valence-electron chi connectivity index (χ1n) is 7.88. The summed E-state index contributed by atoms with van der Waals surface area (Å²) in [6.07, 6.45) is 3.80. The third-order valence-corrected chi connectivity index (χ3v) is 4.53. The lowest BCUT2D eigenvalue weighted by Crippen LogP contribution is -2.24. The second kappa shape index (κ2) is 9.35. The highest BCUT2D eigenvalue weighted by Gasteiger charge is 2.08. The molecule has 2 rings (SSSR count). The largest absolute Gasteiger partial charge is 0.507 e. The molecule has 0 aromatic heterocycles. The van der Waals surface area contributed by atoms with E-state index in [1.54, 1.807) is 25.3 Å². The van der Waals surface area contributed by atoms with Crippen molar-refractivity contribution in [3.05, 3.63) is 53.6 Å². The molecular weight excluding hydrogens is 322 g/mol. The number of hydrogen-bond donors (Lipinski definition) is 2. The fraction of sp³-hybridized carbons (Fsp3) is 0.316. The minimum Gasteiger partial charge on any atom is -0.507 e. The third kappa shape index (κ3) is 5.28. The maximum atomic E-state index is 12.2. The van der Waals surface area contributed by atoms with Gasteiger partial charge in [-0.1, -0.05) is 12.1 Å². The zero-order valence-electron chi connectivity index (χ0n) is 14.0. The molecule has 0 bridgehead atoms. The minimum atomic E-state index is 0.0368. The molecule has 2 aromatic carbocycles. The highest BCUT2D eigenvalue weighted by Crippen LogP contribution is 2.27. The molecule has 0 amide bonds. The molecule has 2 aromatic rings. The fourth-order valence-corrected chi connectivity index (χ4v) is 2.89. The highest BCUT2D eigenvalue weighted by molar-refractivity contribution is 7.98. The monoisotopic (exact) mass is 345 g/mol. The number of rotatable bonds is 9. The van der Waals surface area contributed by atoms with Crippen LogP contribution in [-0.2, 0) is 6.42 Å². The van der Waals surface area contributed by atoms with Gasteiger partial charge in [-0.15, -0.1) is 11.8 Å². The number of phenolic OH excluding ortho intramolecular Hbond substituents is 1. The molecule has 0 atom stereocenters. The van der Waals surface area contributed by atoms with Crippen LogP contribution in [0.15, 0.2) is 47.4 Å². The molecule has 0 aliphatic rings. The van der Waals surface area contributed by atoms with Gasteiger partial charge in [-0.2, -0.15) is 0 Å². The molecule has 24 heavy (non-hydrogen) atoms. The molecule has 5 heteroatoms. The standard InChI is InChI=1S/C19H23NO3S/c1-23-16-8-5-14(6-9-16)4-3-11-20-13-18(22)15-7-10-17(21)19(12-15)24-2/h5-10,12,20-21H,3-4,11,13H2,1-2H3. The van der Waals surface area contributed by atoms with E-state index in [0.29, 0.717) is 12.1 Å². The third-order valence-electron chi connectivity index (χ3n) is 3.77. The Morgan fingerprint density at radius 1 is 1.21 bits per heavy atom. The van der Waals surface area contributed by atoms with Crippen molar-refractivity contribution in [2.45, 2.75) is 17.7 Å². The van der Waals surface area contributed by atoms with Gasteiger partial charge in [-0.05, 0) is 61.5 Å². The molecule has 0 unspecified atom stereocenters. The number of thioether (sulfide) groups is 1. The van der Waals surface area contributed by atoms with Gasteiger partial charge < -0.3 is 15.2 Å². The van der Waals surface area contributed by atoms with Crippen LogP contribution in [0, 0.1) is 0 Å². The number of aromatic hydroxyl groups is 1. The van der Waals surface area contributed by atoms with Gasteiger partial charge in [0.2, 0.25) is 0 Å². The van der Waals surface area contributed by atoms with Crippen molar-refractivity contribution in [3.8, 4) is 11.5 Å². The number of benzene rings is 2. The summed E-state index contributed by atoms with van der Waals surface area (Å²) in [5.74, 6) is 1.11. The van der Waals surface area contributed by atoms with Crippen molar-refractivity contribution in [3.63, 3.8) is 0 Å². The number of hydrogen-bond acceptors (Lipinski definition) is 5. The lowest BCUT2D eigenvalue weighted by molar-refractivity contribution is 0.0991. The summed E-state index contributed by atoms with van der Waals surface area (Å²) >= 11 is 1.43. The number of methoxy groups -OCH3 is 1. The second-order valence-electron chi connectivity index (χ2n) is 5.44. The Labute approximate surface area is 147 Å². The van der Waals surface area contributed by atoms with Crippen molar-refractivity contribution >= 4 is 17.5 Å². The maximum absolute atomic E-state index is 12.2. The van der Waals surface area contributed by atoms with E-state index < -0.39 is 0 Å². The Bertz CT molecular complexity index is 671. The van der Waals surface area contributed by atoms with Crippen molar-refractivity contribution < 1.29 is 14.6 Å². The van der Waals surface area contributed by atoms with E-state index in [-0.39, 0.29) is 11.5 Å². The summed E-state index contributed by atoms with van der Waals surface area (Å²) in [4.78, 5) is 12.9. The topological polar surface area (TPSA) is 58.6 Å². The van der Waals surface area contributed by atoms with Gasteiger partial charge in [-0.3, -0.25) is 4.79 Å². The molecule has 0 aliphatic carbocycles. The van der Waals surface area contributed by atoms with E-state index in [1.165, 1.54) is 17.3 Å². The first-order chi connectivity index (χ1) is 11.6. The van der Waals surface area contributed by atoms with Gasteiger partial charge >= 0.3 is 0 Å². The number of phenols is 1. The Hall–Kier alpha value is -1.98. The first kappa shape index (κ1) is 18.4. The molecule has 0 radical (unpaired) electrons. The van der Waals surface area contributed by atoms with Crippen LogP contribution >= 0.6 is 11.8 Å². The van der Waals surface area contributed by atoms with E-state index in [2.05, 4.69) is 17.4 Å². The van der Waals surface area contributed by atoms with Crippen LogP contribution in [0.2, 0.25) is 0 Å².